The van der Waals surface area contributed by atoms with Crippen LogP contribution < -0.4 is 5.32 Å². The Kier molecular flexibility index (Phi) is 7.89. The first-order valence-corrected chi connectivity index (χ1v) is 9.94. The highest BCUT2D eigenvalue weighted by molar-refractivity contribution is 7.86. The van der Waals surface area contributed by atoms with Gasteiger partial charge in [0.25, 0.3) is 10.1 Å². The van der Waals surface area contributed by atoms with Crippen molar-refractivity contribution in [2.75, 3.05) is 0 Å². The average molecular weight is 371 g/mol. The molecular formula is C18H29NO5S. The predicted molar refractivity (Wildman–Crippen MR) is 96.7 cm³/mol. The molecule has 1 atom stereocenters. The number of carbonyl (C=O) groups is 1. The average Bonchev–Trinajstić information content (AvgIpc) is 2.45. The van der Waals surface area contributed by atoms with E-state index < -0.39 is 28.0 Å². The summed E-state index contributed by atoms with van der Waals surface area (Å²) in [4.78, 5) is 12.0. The maximum atomic E-state index is 12.4. The van der Waals surface area contributed by atoms with Gasteiger partial charge >= 0.3 is 6.09 Å². The molecule has 0 aliphatic carbocycles. The van der Waals surface area contributed by atoms with E-state index in [1.807, 2.05) is 13.8 Å². The van der Waals surface area contributed by atoms with Crippen molar-refractivity contribution in [1.29, 1.82) is 0 Å². The van der Waals surface area contributed by atoms with Crippen LogP contribution in [0.1, 0.15) is 58.9 Å². The molecule has 0 saturated carbocycles. The fraction of sp³-hybridized carbons (Fsp3) is 0.611. The molecule has 0 bridgehead atoms. The molecule has 0 saturated heterocycles. The van der Waals surface area contributed by atoms with E-state index in [4.69, 9.17) is 8.92 Å². The van der Waals surface area contributed by atoms with Gasteiger partial charge in [0, 0.05) is 0 Å². The molecule has 1 amide bonds. The van der Waals surface area contributed by atoms with Crippen molar-refractivity contribution < 1.29 is 22.1 Å². The smallest absolute Gasteiger partial charge is 0.409 e. The number of ether oxygens (including phenoxy) is 1. The van der Waals surface area contributed by atoms with E-state index in [2.05, 4.69) is 5.32 Å². The zero-order valence-corrected chi connectivity index (χ0v) is 16.5. The van der Waals surface area contributed by atoms with Gasteiger partial charge in [-0.25, -0.2) is 8.98 Å². The summed E-state index contributed by atoms with van der Waals surface area (Å²) in [6, 6.07) is 6.37. The highest BCUT2D eigenvalue weighted by atomic mass is 32.2. The summed E-state index contributed by atoms with van der Waals surface area (Å²) in [6.07, 6.45) is 1.35. The number of hydrogen-bond acceptors (Lipinski definition) is 5. The van der Waals surface area contributed by atoms with Crippen LogP contribution >= 0.6 is 0 Å². The largest absolute Gasteiger partial charge is 0.444 e. The van der Waals surface area contributed by atoms with Crippen LogP contribution in [0.2, 0.25) is 0 Å². The van der Waals surface area contributed by atoms with Crippen LogP contribution in [-0.2, 0) is 19.0 Å². The molecule has 1 N–H and O–H groups in total. The van der Waals surface area contributed by atoms with Gasteiger partial charge in [0.1, 0.15) is 5.60 Å². The molecule has 0 fully saturated rings. The molecule has 25 heavy (non-hydrogen) atoms. The Balaban J connectivity index is 2.84. The topological polar surface area (TPSA) is 81.7 Å². The monoisotopic (exact) mass is 371 g/mol. The number of benzene rings is 1. The molecule has 0 aromatic heterocycles. The zero-order valence-electron chi connectivity index (χ0n) is 15.7. The molecule has 0 spiro atoms. The first-order chi connectivity index (χ1) is 11.5. The molecule has 0 aliphatic heterocycles. The second-order valence-electron chi connectivity index (χ2n) is 6.99. The van der Waals surface area contributed by atoms with Crippen molar-refractivity contribution in [2.24, 2.45) is 0 Å². The SMILES string of the molecule is CCCCCC(NC(=O)OC(C)(C)C)OS(=O)(=O)c1ccc(C)cc1. The maximum Gasteiger partial charge on any atom is 0.409 e. The van der Waals surface area contributed by atoms with Crippen LogP contribution in [-0.4, -0.2) is 26.3 Å². The lowest BCUT2D eigenvalue weighted by molar-refractivity contribution is 0.0391. The number of carbonyl (C=O) groups excluding carboxylic acids is 1. The van der Waals surface area contributed by atoms with Gasteiger partial charge < -0.3 is 4.74 Å². The Hall–Kier alpha value is -1.60. The Morgan fingerprint density at radius 3 is 2.28 bits per heavy atom. The maximum absolute atomic E-state index is 12.4. The van der Waals surface area contributed by atoms with Crippen molar-refractivity contribution >= 4 is 16.2 Å². The van der Waals surface area contributed by atoms with Gasteiger partial charge in [-0.15, -0.1) is 0 Å². The summed E-state index contributed by atoms with van der Waals surface area (Å²) in [5.74, 6) is 0. The van der Waals surface area contributed by atoms with Crippen molar-refractivity contribution in [2.45, 2.75) is 77.0 Å². The number of aryl methyl sites for hydroxylation is 1. The van der Waals surface area contributed by atoms with Gasteiger partial charge in [0.15, 0.2) is 6.23 Å². The summed E-state index contributed by atoms with van der Waals surface area (Å²) in [5, 5.41) is 2.51. The van der Waals surface area contributed by atoms with E-state index in [1.54, 1.807) is 32.9 Å². The number of rotatable bonds is 8. The van der Waals surface area contributed by atoms with E-state index in [9.17, 15) is 13.2 Å². The highest BCUT2D eigenvalue weighted by Crippen LogP contribution is 2.17. The van der Waals surface area contributed by atoms with E-state index in [0.717, 1.165) is 24.8 Å². The number of amides is 1. The lowest BCUT2D eigenvalue weighted by atomic mass is 10.2. The molecule has 1 aromatic carbocycles. The van der Waals surface area contributed by atoms with Crippen molar-refractivity contribution in [3.05, 3.63) is 29.8 Å². The van der Waals surface area contributed by atoms with Crippen molar-refractivity contribution in [1.82, 2.24) is 5.32 Å². The van der Waals surface area contributed by atoms with E-state index in [0.29, 0.717) is 6.42 Å². The fourth-order valence-electron chi connectivity index (χ4n) is 2.08. The lowest BCUT2D eigenvalue weighted by Gasteiger charge is -2.23. The minimum Gasteiger partial charge on any atom is -0.444 e. The summed E-state index contributed by atoms with van der Waals surface area (Å²) in [5.41, 5.74) is 0.277. The summed E-state index contributed by atoms with van der Waals surface area (Å²) < 4.78 is 35.3. The number of nitrogens with one attached hydrogen (secondary N) is 1. The van der Waals surface area contributed by atoms with Gasteiger partial charge in [-0.3, -0.25) is 5.32 Å². The number of unbranched alkanes of at least 4 members (excludes halogenated alkanes) is 2. The van der Waals surface area contributed by atoms with Crippen LogP contribution in [0, 0.1) is 6.92 Å². The van der Waals surface area contributed by atoms with Gasteiger partial charge in [0.2, 0.25) is 0 Å². The van der Waals surface area contributed by atoms with Gasteiger partial charge in [-0.2, -0.15) is 8.42 Å². The zero-order chi connectivity index (χ0) is 19.1. The standard InChI is InChI=1S/C18H29NO5S/c1-6-7-8-9-16(19-17(20)23-18(3,4)5)24-25(21,22)15-12-10-14(2)11-13-15/h10-13,16H,6-9H2,1-5H3,(H,19,20). The molecule has 142 valence electrons. The third-order valence-electron chi connectivity index (χ3n) is 3.30. The first-order valence-electron chi connectivity index (χ1n) is 8.53. The van der Waals surface area contributed by atoms with E-state index in [1.165, 1.54) is 12.1 Å². The normalized spacial score (nSPS) is 13.3. The Morgan fingerprint density at radius 1 is 1.16 bits per heavy atom. The quantitative estimate of drug-likeness (QED) is 0.422. The van der Waals surface area contributed by atoms with Crippen LogP contribution in [0.4, 0.5) is 4.79 Å². The molecule has 1 rings (SSSR count). The van der Waals surface area contributed by atoms with E-state index in [-0.39, 0.29) is 4.90 Å². The number of alkyl carbamates (subject to hydrolysis) is 1. The van der Waals surface area contributed by atoms with Crippen molar-refractivity contribution in [3.8, 4) is 0 Å². The third kappa shape index (κ3) is 8.36. The Morgan fingerprint density at radius 2 is 1.76 bits per heavy atom. The lowest BCUT2D eigenvalue weighted by Crippen LogP contribution is -2.41. The second-order valence-corrected chi connectivity index (χ2v) is 8.57. The van der Waals surface area contributed by atoms with Crippen molar-refractivity contribution in [3.63, 3.8) is 0 Å². The molecule has 7 heteroatoms. The van der Waals surface area contributed by atoms with Gasteiger partial charge in [0.05, 0.1) is 4.90 Å². The molecule has 0 radical (unpaired) electrons. The van der Waals surface area contributed by atoms with Crippen LogP contribution in [0.3, 0.4) is 0 Å². The molecule has 1 unspecified atom stereocenters. The number of hydrogen-bond donors (Lipinski definition) is 1. The molecule has 6 nitrogen and oxygen atoms in total. The van der Waals surface area contributed by atoms with Crippen LogP contribution in [0.25, 0.3) is 0 Å². The van der Waals surface area contributed by atoms with Gasteiger partial charge in [-0.05, 0) is 52.7 Å². The minimum absolute atomic E-state index is 0.0598. The third-order valence-corrected chi connectivity index (χ3v) is 4.64. The van der Waals surface area contributed by atoms with Crippen LogP contribution in [0.15, 0.2) is 29.2 Å². The Bertz CT molecular complexity index is 647. The van der Waals surface area contributed by atoms with E-state index >= 15 is 0 Å². The summed E-state index contributed by atoms with van der Waals surface area (Å²) in [6.45, 7) is 9.13. The Labute approximate surface area is 151 Å². The molecule has 0 aliphatic rings. The minimum atomic E-state index is -3.97. The molecule has 1 aromatic rings. The first kappa shape index (κ1) is 21.4. The predicted octanol–water partition coefficient (Wildman–Crippen LogP) is 4.13. The van der Waals surface area contributed by atoms with Crippen LogP contribution in [0.5, 0.6) is 0 Å². The molecule has 0 heterocycles. The summed E-state index contributed by atoms with van der Waals surface area (Å²) >= 11 is 0. The van der Waals surface area contributed by atoms with Gasteiger partial charge in [-0.1, -0.05) is 37.5 Å². The second kappa shape index (κ2) is 9.20. The molecular weight excluding hydrogens is 342 g/mol. The fourth-order valence-corrected chi connectivity index (χ4v) is 3.11. The summed E-state index contributed by atoms with van der Waals surface area (Å²) in [7, 11) is -3.97. The highest BCUT2D eigenvalue weighted by Gasteiger charge is 2.25.